The van der Waals surface area contributed by atoms with Crippen LogP contribution < -0.4 is 11.1 Å². The van der Waals surface area contributed by atoms with Crippen molar-refractivity contribution in [2.24, 2.45) is 5.73 Å². The van der Waals surface area contributed by atoms with E-state index in [2.05, 4.69) is 5.32 Å². The zero-order chi connectivity index (χ0) is 19.1. The van der Waals surface area contributed by atoms with Gasteiger partial charge in [0.05, 0.1) is 25.3 Å². The lowest BCUT2D eigenvalue weighted by molar-refractivity contribution is -0.133. The highest BCUT2D eigenvalue weighted by atomic mass is 32.1. The smallest absolute Gasteiger partial charge is 0.312 e. The summed E-state index contributed by atoms with van der Waals surface area (Å²) in [7, 11) is 0. The lowest BCUT2D eigenvalue weighted by Crippen LogP contribution is -2.37. The molecule has 3 N–H and O–H groups in total. The largest absolute Gasteiger partial charge is 0.467 e. The number of carbonyl (C=O) groups is 2. The van der Waals surface area contributed by atoms with E-state index in [4.69, 9.17) is 10.2 Å². The number of carbonyl (C=O) groups excluding carboxylic acids is 2. The molecule has 2 aromatic heterocycles. The highest BCUT2D eigenvalue weighted by Gasteiger charge is 2.23. The van der Waals surface area contributed by atoms with E-state index < -0.39 is 12.1 Å². The van der Waals surface area contributed by atoms with Crippen molar-refractivity contribution < 1.29 is 14.0 Å². The summed E-state index contributed by atoms with van der Waals surface area (Å²) in [6, 6.07) is 16.0. The van der Waals surface area contributed by atoms with E-state index in [1.165, 1.54) is 11.3 Å². The SMILES string of the molecule is NC(=O)NC(CC(=O)N(Cc1ccccc1)Cc1ccco1)c1cccs1. The molecule has 0 fully saturated rings. The van der Waals surface area contributed by atoms with Gasteiger partial charge in [-0.25, -0.2) is 4.79 Å². The summed E-state index contributed by atoms with van der Waals surface area (Å²) in [6.07, 6.45) is 1.71. The molecular formula is C20H21N3O3S. The Balaban J connectivity index is 1.77. The van der Waals surface area contributed by atoms with Gasteiger partial charge in [-0.2, -0.15) is 0 Å². The van der Waals surface area contributed by atoms with E-state index in [1.807, 2.05) is 53.9 Å². The highest BCUT2D eigenvalue weighted by molar-refractivity contribution is 7.10. The molecule has 0 aliphatic carbocycles. The minimum atomic E-state index is -0.651. The number of primary amides is 1. The first kappa shape index (κ1) is 18.7. The second-order valence-corrected chi connectivity index (χ2v) is 7.07. The van der Waals surface area contributed by atoms with Gasteiger partial charge in [-0.05, 0) is 29.1 Å². The van der Waals surface area contributed by atoms with Crippen LogP contribution in [0.5, 0.6) is 0 Å². The number of amides is 3. The molecular weight excluding hydrogens is 362 g/mol. The maximum absolute atomic E-state index is 13.1. The van der Waals surface area contributed by atoms with E-state index in [-0.39, 0.29) is 12.3 Å². The number of nitrogens with zero attached hydrogens (tertiary/aromatic N) is 1. The number of rotatable bonds is 8. The Bertz CT molecular complexity index is 848. The van der Waals surface area contributed by atoms with Crippen LogP contribution in [0.25, 0.3) is 0 Å². The normalized spacial score (nSPS) is 11.7. The lowest BCUT2D eigenvalue weighted by Gasteiger charge is -2.24. The van der Waals surface area contributed by atoms with Crippen LogP contribution in [0.1, 0.15) is 28.7 Å². The van der Waals surface area contributed by atoms with Crippen LogP contribution in [0, 0.1) is 0 Å². The first-order valence-corrected chi connectivity index (χ1v) is 9.43. The monoisotopic (exact) mass is 383 g/mol. The molecule has 0 saturated carbocycles. The standard InChI is InChI=1S/C20H21N3O3S/c21-20(25)22-17(18-9-5-11-27-18)12-19(24)23(14-16-8-4-10-26-16)13-15-6-2-1-3-7-15/h1-11,17H,12-14H2,(H3,21,22,25). The minimum absolute atomic E-state index is 0.0950. The average molecular weight is 383 g/mol. The number of hydrogen-bond acceptors (Lipinski definition) is 4. The lowest BCUT2D eigenvalue weighted by atomic mass is 10.1. The summed E-state index contributed by atoms with van der Waals surface area (Å²) < 4.78 is 5.41. The van der Waals surface area contributed by atoms with Crippen LogP contribution in [-0.4, -0.2) is 16.8 Å². The van der Waals surface area contributed by atoms with Crippen molar-refractivity contribution >= 4 is 23.3 Å². The molecule has 3 aromatic rings. The maximum Gasteiger partial charge on any atom is 0.312 e. The topological polar surface area (TPSA) is 88.6 Å². The van der Waals surface area contributed by atoms with Crippen molar-refractivity contribution in [1.82, 2.24) is 10.2 Å². The highest BCUT2D eigenvalue weighted by Crippen LogP contribution is 2.24. The molecule has 0 aliphatic rings. The number of urea groups is 1. The van der Waals surface area contributed by atoms with Crippen molar-refractivity contribution in [3.05, 3.63) is 82.4 Å². The van der Waals surface area contributed by atoms with Crippen LogP contribution in [0.2, 0.25) is 0 Å². The van der Waals surface area contributed by atoms with Crippen molar-refractivity contribution in [2.75, 3.05) is 0 Å². The number of nitrogens with one attached hydrogen (secondary N) is 1. The Kier molecular flexibility index (Phi) is 6.27. The zero-order valence-corrected chi connectivity index (χ0v) is 15.5. The van der Waals surface area contributed by atoms with Crippen molar-refractivity contribution in [1.29, 1.82) is 0 Å². The molecule has 1 atom stereocenters. The maximum atomic E-state index is 13.1. The fourth-order valence-electron chi connectivity index (χ4n) is 2.81. The van der Waals surface area contributed by atoms with Gasteiger partial charge in [-0.15, -0.1) is 11.3 Å². The van der Waals surface area contributed by atoms with E-state index >= 15 is 0 Å². The molecule has 0 saturated heterocycles. The van der Waals surface area contributed by atoms with E-state index in [9.17, 15) is 9.59 Å². The Morgan fingerprint density at radius 3 is 2.52 bits per heavy atom. The third-order valence-electron chi connectivity index (χ3n) is 4.08. The summed E-state index contributed by atoms with van der Waals surface area (Å²) in [5.74, 6) is 0.609. The fraction of sp³-hybridized carbons (Fsp3) is 0.200. The Morgan fingerprint density at radius 1 is 1.07 bits per heavy atom. The molecule has 1 aromatic carbocycles. The zero-order valence-electron chi connectivity index (χ0n) is 14.7. The van der Waals surface area contributed by atoms with Crippen LogP contribution in [-0.2, 0) is 17.9 Å². The summed E-state index contributed by atoms with van der Waals surface area (Å²) in [6.45, 7) is 0.808. The minimum Gasteiger partial charge on any atom is -0.467 e. The van der Waals surface area contributed by atoms with Gasteiger partial charge in [0, 0.05) is 11.4 Å². The van der Waals surface area contributed by atoms with Gasteiger partial charge in [0.1, 0.15) is 5.76 Å². The number of nitrogens with two attached hydrogens (primary N) is 1. The second-order valence-electron chi connectivity index (χ2n) is 6.10. The van der Waals surface area contributed by atoms with Gasteiger partial charge in [-0.1, -0.05) is 36.4 Å². The van der Waals surface area contributed by atoms with E-state index in [0.717, 1.165) is 10.4 Å². The van der Waals surface area contributed by atoms with Gasteiger partial charge in [0.15, 0.2) is 0 Å². The molecule has 0 spiro atoms. The number of benzene rings is 1. The summed E-state index contributed by atoms with van der Waals surface area (Å²) in [5, 5.41) is 4.57. The van der Waals surface area contributed by atoms with Crippen molar-refractivity contribution in [2.45, 2.75) is 25.6 Å². The van der Waals surface area contributed by atoms with Crippen molar-refractivity contribution in [3.63, 3.8) is 0 Å². The average Bonchev–Trinajstić information content (AvgIpc) is 3.35. The molecule has 3 amide bonds. The predicted molar refractivity (Wildman–Crippen MR) is 104 cm³/mol. The Hall–Kier alpha value is -3.06. The molecule has 2 heterocycles. The van der Waals surface area contributed by atoms with E-state index in [1.54, 1.807) is 17.2 Å². The molecule has 3 rings (SSSR count). The molecule has 140 valence electrons. The number of thiophene rings is 1. The van der Waals surface area contributed by atoms with Gasteiger partial charge >= 0.3 is 6.03 Å². The van der Waals surface area contributed by atoms with Crippen LogP contribution in [0.3, 0.4) is 0 Å². The first-order chi connectivity index (χ1) is 13.1. The van der Waals surface area contributed by atoms with Gasteiger partial charge in [-0.3, -0.25) is 4.79 Å². The van der Waals surface area contributed by atoms with Crippen molar-refractivity contribution in [3.8, 4) is 0 Å². The molecule has 1 unspecified atom stereocenters. The van der Waals surface area contributed by atoms with Crippen LogP contribution in [0.15, 0.2) is 70.7 Å². The number of hydrogen-bond donors (Lipinski definition) is 2. The van der Waals surface area contributed by atoms with Gasteiger partial charge in [0.2, 0.25) is 5.91 Å². The molecule has 6 nitrogen and oxygen atoms in total. The van der Waals surface area contributed by atoms with Gasteiger partial charge < -0.3 is 20.4 Å². The van der Waals surface area contributed by atoms with Gasteiger partial charge in [0.25, 0.3) is 0 Å². The fourth-order valence-corrected chi connectivity index (χ4v) is 3.59. The summed E-state index contributed by atoms with van der Waals surface area (Å²) in [4.78, 5) is 27.0. The Labute approximate surface area is 161 Å². The third-order valence-corrected chi connectivity index (χ3v) is 5.06. The number of furan rings is 1. The van der Waals surface area contributed by atoms with E-state index in [0.29, 0.717) is 18.8 Å². The Morgan fingerprint density at radius 2 is 1.89 bits per heavy atom. The molecule has 0 radical (unpaired) electrons. The van der Waals surface area contributed by atoms with Crippen LogP contribution in [0.4, 0.5) is 4.79 Å². The predicted octanol–water partition coefficient (Wildman–Crippen LogP) is 3.67. The first-order valence-electron chi connectivity index (χ1n) is 8.55. The summed E-state index contributed by atoms with van der Waals surface area (Å²) in [5.41, 5.74) is 6.32. The molecule has 27 heavy (non-hydrogen) atoms. The quantitative estimate of drug-likeness (QED) is 0.622. The van der Waals surface area contributed by atoms with Crippen LogP contribution >= 0.6 is 11.3 Å². The summed E-state index contributed by atoms with van der Waals surface area (Å²) >= 11 is 1.48. The molecule has 0 bridgehead atoms. The second kappa shape index (κ2) is 9.05. The molecule has 0 aliphatic heterocycles. The third kappa shape index (κ3) is 5.46. The molecule has 7 heteroatoms.